The number of aromatic nitrogens is 1. The van der Waals surface area contributed by atoms with Crippen LogP contribution in [0.25, 0.3) is 0 Å². The molecule has 0 saturated heterocycles. The largest absolute Gasteiger partial charge is 0.495 e. The highest BCUT2D eigenvalue weighted by Gasteiger charge is 2.10. The zero-order valence-electron chi connectivity index (χ0n) is 10.3. The Morgan fingerprint density at radius 3 is 2.63 bits per heavy atom. The third kappa shape index (κ3) is 3.32. The molecule has 0 fully saturated rings. The number of methoxy groups -OCH3 is 1. The van der Waals surface area contributed by atoms with Gasteiger partial charge in [0.1, 0.15) is 11.6 Å². The van der Waals surface area contributed by atoms with E-state index in [0.717, 1.165) is 15.7 Å². The van der Waals surface area contributed by atoms with Crippen molar-refractivity contribution in [3.63, 3.8) is 0 Å². The van der Waals surface area contributed by atoms with Crippen LogP contribution in [-0.2, 0) is 0 Å². The van der Waals surface area contributed by atoms with E-state index in [9.17, 15) is 0 Å². The highest BCUT2D eigenvalue weighted by atomic mass is 79.9. The van der Waals surface area contributed by atoms with Gasteiger partial charge >= 0.3 is 0 Å². The molecule has 1 N–H and O–H groups in total. The van der Waals surface area contributed by atoms with Crippen LogP contribution in [0.2, 0.25) is 10.0 Å². The third-order valence-corrected chi connectivity index (χ3v) is 3.76. The molecule has 0 aliphatic heterocycles. The van der Waals surface area contributed by atoms with Crippen LogP contribution in [0.5, 0.6) is 5.75 Å². The fourth-order valence-corrected chi connectivity index (χ4v) is 2.46. The minimum Gasteiger partial charge on any atom is -0.495 e. The minimum atomic E-state index is 0.566. The second-order valence-corrected chi connectivity index (χ2v) is 5.61. The quantitative estimate of drug-likeness (QED) is 0.814. The van der Waals surface area contributed by atoms with Crippen molar-refractivity contribution in [1.82, 2.24) is 4.98 Å². The van der Waals surface area contributed by atoms with Crippen LogP contribution in [-0.4, -0.2) is 12.1 Å². The summed E-state index contributed by atoms with van der Waals surface area (Å²) in [5.74, 6) is 1.31. The maximum atomic E-state index is 6.07. The Balaban J connectivity index is 2.40. The van der Waals surface area contributed by atoms with Crippen molar-refractivity contribution in [3.05, 3.63) is 44.5 Å². The van der Waals surface area contributed by atoms with E-state index in [-0.39, 0.29) is 0 Å². The fraction of sp³-hybridized carbons (Fsp3) is 0.154. The summed E-state index contributed by atoms with van der Waals surface area (Å²) in [6, 6.07) is 5.44. The smallest absolute Gasteiger partial charge is 0.144 e. The Morgan fingerprint density at radius 2 is 2.00 bits per heavy atom. The lowest BCUT2D eigenvalue weighted by atomic mass is 10.2. The van der Waals surface area contributed by atoms with Gasteiger partial charge in [-0.1, -0.05) is 23.2 Å². The van der Waals surface area contributed by atoms with Crippen LogP contribution in [0.4, 0.5) is 11.5 Å². The SMILES string of the molecule is COc1cc(Cl)c(C)cc1Nc1ncc(Cl)cc1Br. The number of hydrogen-bond acceptors (Lipinski definition) is 3. The Bertz CT molecular complexity index is 620. The van der Waals surface area contributed by atoms with Gasteiger partial charge in [0.25, 0.3) is 0 Å². The molecule has 0 bridgehead atoms. The molecule has 0 saturated carbocycles. The summed E-state index contributed by atoms with van der Waals surface area (Å²) in [4.78, 5) is 4.22. The molecule has 2 aromatic rings. The molecule has 0 amide bonds. The maximum absolute atomic E-state index is 6.07. The van der Waals surface area contributed by atoms with Crippen molar-refractivity contribution < 1.29 is 4.74 Å². The van der Waals surface area contributed by atoms with Crippen LogP contribution in [0, 0.1) is 6.92 Å². The molecule has 0 spiro atoms. The van der Waals surface area contributed by atoms with E-state index < -0.39 is 0 Å². The van der Waals surface area contributed by atoms with Gasteiger partial charge in [-0.2, -0.15) is 0 Å². The number of halogens is 3. The average molecular weight is 362 g/mol. The zero-order valence-corrected chi connectivity index (χ0v) is 13.4. The Kier molecular flexibility index (Phi) is 4.55. The van der Waals surface area contributed by atoms with Crippen molar-refractivity contribution in [2.75, 3.05) is 12.4 Å². The van der Waals surface area contributed by atoms with Gasteiger partial charge in [-0.3, -0.25) is 0 Å². The van der Waals surface area contributed by atoms with E-state index in [4.69, 9.17) is 27.9 Å². The van der Waals surface area contributed by atoms with Gasteiger partial charge < -0.3 is 10.1 Å². The second kappa shape index (κ2) is 5.99. The van der Waals surface area contributed by atoms with Gasteiger partial charge in [0, 0.05) is 17.3 Å². The van der Waals surface area contributed by atoms with E-state index in [1.165, 1.54) is 0 Å². The van der Waals surface area contributed by atoms with Gasteiger partial charge in [-0.25, -0.2) is 4.98 Å². The predicted octanol–water partition coefficient (Wildman–Crippen LogP) is 5.21. The first-order chi connectivity index (χ1) is 9.01. The highest BCUT2D eigenvalue weighted by molar-refractivity contribution is 9.10. The lowest BCUT2D eigenvalue weighted by Gasteiger charge is -2.13. The lowest BCUT2D eigenvalue weighted by Crippen LogP contribution is -1.98. The van der Waals surface area contributed by atoms with Gasteiger partial charge in [0.05, 0.1) is 22.3 Å². The van der Waals surface area contributed by atoms with Crippen molar-refractivity contribution in [3.8, 4) is 5.75 Å². The minimum absolute atomic E-state index is 0.566. The molecule has 1 aromatic heterocycles. The molecule has 1 heterocycles. The van der Waals surface area contributed by atoms with Crippen LogP contribution >= 0.6 is 39.1 Å². The number of pyridine rings is 1. The van der Waals surface area contributed by atoms with Gasteiger partial charge in [-0.15, -0.1) is 0 Å². The zero-order chi connectivity index (χ0) is 14.0. The summed E-state index contributed by atoms with van der Waals surface area (Å²) in [5.41, 5.74) is 1.75. The molecule has 0 radical (unpaired) electrons. The number of anilines is 2. The molecule has 0 aliphatic carbocycles. The molecule has 6 heteroatoms. The molecule has 0 aliphatic rings. The second-order valence-electron chi connectivity index (χ2n) is 3.91. The maximum Gasteiger partial charge on any atom is 0.144 e. The first-order valence-corrected chi connectivity index (χ1v) is 6.98. The van der Waals surface area contributed by atoms with Gasteiger partial charge in [0.2, 0.25) is 0 Å². The molecule has 100 valence electrons. The summed E-state index contributed by atoms with van der Waals surface area (Å²) in [7, 11) is 1.59. The van der Waals surface area contributed by atoms with Crippen molar-refractivity contribution >= 4 is 50.6 Å². The third-order valence-electron chi connectivity index (χ3n) is 2.54. The monoisotopic (exact) mass is 360 g/mol. The molecule has 0 unspecified atom stereocenters. The Labute approximate surface area is 130 Å². The summed E-state index contributed by atoms with van der Waals surface area (Å²) in [5, 5.41) is 4.41. The molecular formula is C13H11BrCl2N2O. The molecule has 3 nitrogen and oxygen atoms in total. The first kappa shape index (κ1) is 14.4. The van der Waals surface area contributed by atoms with E-state index in [1.54, 1.807) is 25.4 Å². The number of aryl methyl sites for hydroxylation is 1. The molecule has 0 atom stereocenters. The topological polar surface area (TPSA) is 34.1 Å². The molecule has 19 heavy (non-hydrogen) atoms. The van der Waals surface area contributed by atoms with Crippen LogP contribution < -0.4 is 10.1 Å². The summed E-state index contributed by atoms with van der Waals surface area (Å²) < 4.78 is 6.07. The number of benzene rings is 1. The van der Waals surface area contributed by atoms with E-state index in [1.807, 2.05) is 13.0 Å². The molecular weight excluding hydrogens is 351 g/mol. The Hall–Kier alpha value is -0.970. The van der Waals surface area contributed by atoms with Gasteiger partial charge in [0.15, 0.2) is 0 Å². The number of hydrogen-bond donors (Lipinski definition) is 1. The number of rotatable bonds is 3. The fourth-order valence-electron chi connectivity index (χ4n) is 1.56. The molecule has 2 rings (SSSR count). The van der Waals surface area contributed by atoms with Crippen molar-refractivity contribution in [2.24, 2.45) is 0 Å². The Morgan fingerprint density at radius 1 is 1.26 bits per heavy atom. The predicted molar refractivity (Wildman–Crippen MR) is 83.0 cm³/mol. The summed E-state index contributed by atoms with van der Waals surface area (Å²) in [6.07, 6.45) is 1.57. The number of nitrogens with one attached hydrogen (secondary N) is 1. The van der Waals surface area contributed by atoms with Crippen LogP contribution in [0.15, 0.2) is 28.9 Å². The van der Waals surface area contributed by atoms with Crippen LogP contribution in [0.1, 0.15) is 5.56 Å². The average Bonchev–Trinajstić information content (AvgIpc) is 2.36. The number of nitrogens with zero attached hydrogens (tertiary/aromatic N) is 1. The summed E-state index contributed by atoms with van der Waals surface area (Å²) in [6.45, 7) is 1.93. The highest BCUT2D eigenvalue weighted by Crippen LogP contribution is 2.34. The number of ether oxygens (including phenoxy) is 1. The van der Waals surface area contributed by atoms with Crippen LogP contribution in [0.3, 0.4) is 0 Å². The molecule has 1 aromatic carbocycles. The first-order valence-electron chi connectivity index (χ1n) is 5.43. The van der Waals surface area contributed by atoms with Crippen molar-refractivity contribution in [1.29, 1.82) is 0 Å². The lowest BCUT2D eigenvalue weighted by molar-refractivity contribution is 0.416. The summed E-state index contributed by atoms with van der Waals surface area (Å²) >= 11 is 15.3. The van der Waals surface area contributed by atoms with Gasteiger partial charge in [-0.05, 0) is 40.5 Å². The van der Waals surface area contributed by atoms with E-state index in [2.05, 4.69) is 26.2 Å². The van der Waals surface area contributed by atoms with E-state index in [0.29, 0.717) is 21.6 Å². The van der Waals surface area contributed by atoms with Crippen molar-refractivity contribution in [2.45, 2.75) is 6.92 Å². The standard InChI is InChI=1S/C13H11BrCl2N2O/c1-7-3-11(12(19-2)5-10(7)16)18-13-9(14)4-8(15)6-17-13/h3-6H,1-2H3,(H,17,18). The van der Waals surface area contributed by atoms with E-state index >= 15 is 0 Å². The normalized spacial score (nSPS) is 10.4.